The minimum Gasteiger partial charge on any atom is -0.454 e. The number of hydrogen-bond acceptors (Lipinski definition) is 6. The van der Waals surface area contributed by atoms with Crippen LogP contribution in [0.25, 0.3) is 0 Å². The number of hydrazine groups is 1. The van der Waals surface area contributed by atoms with Crippen LogP contribution in [0.2, 0.25) is 0 Å². The summed E-state index contributed by atoms with van der Waals surface area (Å²) in [6, 6.07) is 13.3. The summed E-state index contributed by atoms with van der Waals surface area (Å²) in [5.41, 5.74) is 5.12. The molecule has 0 aliphatic carbocycles. The molecule has 0 radical (unpaired) electrons. The zero-order valence-electron chi connectivity index (χ0n) is 17.0. The van der Waals surface area contributed by atoms with E-state index in [1.54, 1.807) is 56.3 Å². The predicted molar refractivity (Wildman–Crippen MR) is 109 cm³/mol. The van der Waals surface area contributed by atoms with Crippen molar-refractivity contribution in [1.82, 2.24) is 15.8 Å². The molecule has 9 nitrogen and oxygen atoms in total. The van der Waals surface area contributed by atoms with E-state index in [-0.39, 0.29) is 11.1 Å². The molecule has 0 aromatic heterocycles. The number of nitrogens with one attached hydrogen (secondary N) is 2. The van der Waals surface area contributed by atoms with Crippen molar-refractivity contribution in [3.63, 3.8) is 0 Å². The number of imide groups is 1. The molecule has 9 heteroatoms. The summed E-state index contributed by atoms with van der Waals surface area (Å²) < 4.78 is 5.02. The number of amides is 4. The molecular weight excluding hydrogens is 402 g/mol. The minimum absolute atomic E-state index is 0.215. The lowest BCUT2D eigenvalue weighted by molar-refractivity contribution is -0.153. The first-order chi connectivity index (χ1) is 14.8. The highest BCUT2D eigenvalue weighted by Gasteiger charge is 2.44. The van der Waals surface area contributed by atoms with E-state index in [1.165, 1.54) is 12.1 Å². The minimum atomic E-state index is -1.20. The van der Waals surface area contributed by atoms with Crippen LogP contribution in [0, 0.1) is 5.92 Å². The molecule has 1 aliphatic rings. The van der Waals surface area contributed by atoms with Crippen LogP contribution in [0.3, 0.4) is 0 Å². The number of carbonyl (C=O) groups is 5. The van der Waals surface area contributed by atoms with E-state index in [2.05, 4.69) is 10.9 Å². The Kier molecular flexibility index (Phi) is 6.44. The molecule has 2 aromatic rings. The Balaban J connectivity index is 1.59. The van der Waals surface area contributed by atoms with E-state index in [9.17, 15) is 24.0 Å². The first-order valence-electron chi connectivity index (χ1n) is 9.59. The molecule has 1 atom stereocenters. The zero-order chi connectivity index (χ0) is 22.5. The van der Waals surface area contributed by atoms with Crippen LogP contribution in [-0.4, -0.2) is 47.1 Å². The van der Waals surface area contributed by atoms with Gasteiger partial charge in [-0.2, -0.15) is 0 Å². The van der Waals surface area contributed by atoms with Crippen molar-refractivity contribution < 1.29 is 28.7 Å². The lowest BCUT2D eigenvalue weighted by Gasteiger charge is -2.27. The standard InChI is InChI=1S/C22H21N3O6/c1-13(2)18(25-20(28)15-10-6-7-11-16(15)21(25)29)22(30)31-12-17(26)23-24-19(27)14-8-4-3-5-9-14/h3-11,13,18H,12H2,1-2H3,(H,23,26)(H,24,27)/t18-/m0/s1. The molecule has 1 aliphatic heterocycles. The lowest BCUT2D eigenvalue weighted by Crippen LogP contribution is -2.50. The molecular formula is C22H21N3O6. The third kappa shape index (κ3) is 4.61. The fourth-order valence-electron chi connectivity index (χ4n) is 3.18. The van der Waals surface area contributed by atoms with Gasteiger partial charge in [0.25, 0.3) is 23.6 Å². The van der Waals surface area contributed by atoms with E-state index < -0.39 is 48.2 Å². The number of hydrogen-bond donors (Lipinski definition) is 2. The molecule has 160 valence electrons. The van der Waals surface area contributed by atoms with Gasteiger partial charge in [0, 0.05) is 5.56 Å². The molecule has 2 aromatic carbocycles. The van der Waals surface area contributed by atoms with Gasteiger partial charge in [-0.3, -0.25) is 34.9 Å². The number of ether oxygens (including phenoxy) is 1. The maximum atomic E-state index is 12.7. The van der Waals surface area contributed by atoms with Gasteiger partial charge in [-0.25, -0.2) is 4.79 Å². The Morgan fingerprint density at radius 3 is 1.97 bits per heavy atom. The summed E-state index contributed by atoms with van der Waals surface area (Å²) in [6.45, 7) is 2.63. The van der Waals surface area contributed by atoms with Crippen LogP contribution in [0.15, 0.2) is 54.6 Å². The number of fused-ring (bicyclic) bond motifs is 1. The van der Waals surface area contributed by atoms with Crippen LogP contribution in [0.5, 0.6) is 0 Å². The van der Waals surface area contributed by atoms with Gasteiger partial charge in [0.1, 0.15) is 6.04 Å². The predicted octanol–water partition coefficient (Wildman–Crippen LogP) is 1.31. The Bertz CT molecular complexity index is 1000. The van der Waals surface area contributed by atoms with E-state index in [0.29, 0.717) is 5.56 Å². The summed E-state index contributed by atoms with van der Waals surface area (Å²) in [6.07, 6.45) is 0. The quantitative estimate of drug-likeness (QED) is 0.410. The van der Waals surface area contributed by atoms with Gasteiger partial charge in [-0.15, -0.1) is 0 Å². The Morgan fingerprint density at radius 1 is 0.871 bits per heavy atom. The normalized spacial score (nSPS) is 13.6. The maximum Gasteiger partial charge on any atom is 0.330 e. The first kappa shape index (κ1) is 21.7. The average Bonchev–Trinajstić information content (AvgIpc) is 3.02. The Hall–Kier alpha value is -4.01. The highest BCUT2D eigenvalue weighted by Crippen LogP contribution is 2.27. The van der Waals surface area contributed by atoms with Crippen LogP contribution in [-0.2, 0) is 14.3 Å². The topological polar surface area (TPSA) is 122 Å². The van der Waals surface area contributed by atoms with Gasteiger partial charge in [-0.1, -0.05) is 44.2 Å². The Morgan fingerprint density at radius 2 is 1.42 bits per heavy atom. The van der Waals surface area contributed by atoms with Crippen LogP contribution in [0.1, 0.15) is 44.9 Å². The number of rotatable bonds is 6. The molecule has 0 bridgehead atoms. The van der Waals surface area contributed by atoms with Gasteiger partial charge in [-0.05, 0) is 30.2 Å². The van der Waals surface area contributed by atoms with Crippen molar-refractivity contribution in [3.8, 4) is 0 Å². The maximum absolute atomic E-state index is 12.7. The molecule has 3 rings (SSSR count). The first-order valence-corrected chi connectivity index (χ1v) is 9.59. The number of nitrogens with zero attached hydrogens (tertiary/aromatic N) is 1. The fourth-order valence-corrected chi connectivity index (χ4v) is 3.18. The highest BCUT2D eigenvalue weighted by molar-refractivity contribution is 6.22. The third-order valence-electron chi connectivity index (χ3n) is 4.67. The lowest BCUT2D eigenvalue weighted by atomic mass is 10.0. The van der Waals surface area contributed by atoms with E-state index in [4.69, 9.17) is 4.74 Å². The van der Waals surface area contributed by atoms with E-state index in [0.717, 1.165) is 4.90 Å². The summed E-state index contributed by atoms with van der Waals surface area (Å²) in [4.78, 5) is 62.7. The van der Waals surface area contributed by atoms with Gasteiger partial charge >= 0.3 is 5.97 Å². The van der Waals surface area contributed by atoms with Crippen molar-refractivity contribution in [2.45, 2.75) is 19.9 Å². The smallest absolute Gasteiger partial charge is 0.330 e. The van der Waals surface area contributed by atoms with Crippen LogP contribution < -0.4 is 10.9 Å². The molecule has 0 saturated heterocycles. The van der Waals surface area contributed by atoms with E-state index in [1.807, 2.05) is 0 Å². The number of carbonyl (C=O) groups excluding carboxylic acids is 5. The number of esters is 1. The summed E-state index contributed by atoms with van der Waals surface area (Å²) >= 11 is 0. The molecule has 0 unspecified atom stereocenters. The average molecular weight is 423 g/mol. The monoisotopic (exact) mass is 423 g/mol. The van der Waals surface area contributed by atoms with Crippen molar-refractivity contribution in [2.75, 3.05) is 6.61 Å². The van der Waals surface area contributed by atoms with Crippen molar-refractivity contribution in [2.24, 2.45) is 5.92 Å². The SMILES string of the molecule is CC(C)[C@@H](C(=O)OCC(=O)NNC(=O)c1ccccc1)N1C(=O)c2ccccc2C1=O. The second-order valence-corrected chi connectivity index (χ2v) is 7.19. The van der Waals surface area contributed by atoms with Crippen molar-refractivity contribution in [1.29, 1.82) is 0 Å². The van der Waals surface area contributed by atoms with Gasteiger partial charge in [0.2, 0.25) is 0 Å². The summed E-state index contributed by atoms with van der Waals surface area (Å²) in [5.74, 6) is -3.83. The summed E-state index contributed by atoms with van der Waals surface area (Å²) in [5, 5.41) is 0. The molecule has 0 fully saturated rings. The highest BCUT2D eigenvalue weighted by atomic mass is 16.5. The molecule has 2 N–H and O–H groups in total. The molecule has 1 heterocycles. The summed E-state index contributed by atoms with van der Waals surface area (Å²) in [7, 11) is 0. The third-order valence-corrected chi connectivity index (χ3v) is 4.67. The molecule has 0 spiro atoms. The molecule has 0 saturated carbocycles. The van der Waals surface area contributed by atoms with Gasteiger partial charge < -0.3 is 4.74 Å². The van der Waals surface area contributed by atoms with E-state index >= 15 is 0 Å². The zero-order valence-corrected chi connectivity index (χ0v) is 17.0. The van der Waals surface area contributed by atoms with Crippen LogP contribution in [0.4, 0.5) is 0 Å². The Labute approximate surface area is 178 Å². The second kappa shape index (κ2) is 9.21. The molecule has 31 heavy (non-hydrogen) atoms. The van der Waals surface area contributed by atoms with Gasteiger partial charge in [0.05, 0.1) is 11.1 Å². The van der Waals surface area contributed by atoms with Crippen LogP contribution >= 0.6 is 0 Å². The largest absolute Gasteiger partial charge is 0.454 e. The molecule has 4 amide bonds. The van der Waals surface area contributed by atoms with Crippen molar-refractivity contribution in [3.05, 3.63) is 71.3 Å². The second-order valence-electron chi connectivity index (χ2n) is 7.19. The van der Waals surface area contributed by atoms with Crippen molar-refractivity contribution >= 4 is 29.6 Å². The van der Waals surface area contributed by atoms with Gasteiger partial charge in [0.15, 0.2) is 6.61 Å². The number of benzene rings is 2. The fraction of sp³-hybridized carbons (Fsp3) is 0.227.